The zero-order valence-electron chi connectivity index (χ0n) is 12.3. The van der Waals surface area contributed by atoms with Crippen LogP contribution < -0.4 is 5.32 Å². The Morgan fingerprint density at radius 1 is 1.40 bits per heavy atom. The van der Waals surface area contributed by atoms with Gasteiger partial charge in [-0.05, 0) is 23.8 Å². The van der Waals surface area contributed by atoms with Crippen LogP contribution in [0.2, 0.25) is 0 Å². The molecule has 1 fully saturated rings. The molecule has 1 aliphatic heterocycles. The molecule has 1 aliphatic rings. The molecule has 2 rings (SSSR count). The van der Waals surface area contributed by atoms with E-state index >= 15 is 0 Å². The van der Waals surface area contributed by atoms with Crippen molar-refractivity contribution < 1.29 is 9.90 Å². The summed E-state index contributed by atoms with van der Waals surface area (Å²) in [5.74, 6) is 0. The highest BCUT2D eigenvalue weighted by Crippen LogP contribution is 2.28. The average Bonchev–Trinajstić information content (AvgIpc) is 2.54. The number of aliphatic hydroxyl groups is 1. The van der Waals surface area contributed by atoms with E-state index in [1.165, 1.54) is 0 Å². The molecule has 110 valence electrons. The molecule has 1 aromatic rings. The van der Waals surface area contributed by atoms with E-state index in [1.807, 2.05) is 35.2 Å². The predicted molar refractivity (Wildman–Crippen MR) is 79.3 cm³/mol. The van der Waals surface area contributed by atoms with Gasteiger partial charge in [0.15, 0.2) is 0 Å². The van der Waals surface area contributed by atoms with Crippen molar-refractivity contribution in [3.05, 3.63) is 35.9 Å². The molecule has 1 aromatic carbocycles. The van der Waals surface area contributed by atoms with Crippen LogP contribution in [-0.4, -0.2) is 35.2 Å². The van der Waals surface area contributed by atoms with Crippen molar-refractivity contribution in [1.29, 1.82) is 0 Å². The number of carbonyl (C=O) groups excluding carboxylic acids is 1. The molecule has 1 atom stereocenters. The average molecular weight is 276 g/mol. The fraction of sp³-hybridized carbons (Fsp3) is 0.562. The molecule has 0 aromatic heterocycles. The summed E-state index contributed by atoms with van der Waals surface area (Å²) in [6.07, 6.45) is 1.09. The number of amides is 2. The van der Waals surface area contributed by atoms with Crippen molar-refractivity contribution in [3.8, 4) is 0 Å². The molecular weight excluding hydrogens is 252 g/mol. The monoisotopic (exact) mass is 276 g/mol. The van der Waals surface area contributed by atoms with Gasteiger partial charge in [-0.1, -0.05) is 44.2 Å². The van der Waals surface area contributed by atoms with Crippen LogP contribution >= 0.6 is 0 Å². The lowest BCUT2D eigenvalue weighted by molar-refractivity contribution is 0.121. The van der Waals surface area contributed by atoms with Gasteiger partial charge >= 0.3 is 6.03 Å². The van der Waals surface area contributed by atoms with Crippen molar-refractivity contribution in [1.82, 2.24) is 10.2 Å². The Balaban J connectivity index is 1.91. The number of aliphatic hydroxyl groups excluding tert-OH is 1. The highest BCUT2D eigenvalue weighted by atomic mass is 16.3. The number of urea groups is 1. The van der Waals surface area contributed by atoms with E-state index in [2.05, 4.69) is 19.2 Å². The third-order valence-corrected chi connectivity index (χ3v) is 3.71. The summed E-state index contributed by atoms with van der Waals surface area (Å²) in [6.45, 7) is 6.03. The molecule has 0 saturated carbocycles. The topological polar surface area (TPSA) is 52.6 Å². The van der Waals surface area contributed by atoms with Crippen LogP contribution in [0.25, 0.3) is 0 Å². The lowest BCUT2D eigenvalue weighted by Gasteiger charge is -2.29. The van der Waals surface area contributed by atoms with E-state index in [1.54, 1.807) is 0 Å². The SMILES string of the molecule is CC1(C)CC(O)CCN(C(=O)NCc2ccccc2)C1. The third kappa shape index (κ3) is 4.23. The first kappa shape index (κ1) is 14.9. The highest BCUT2D eigenvalue weighted by Gasteiger charge is 2.31. The first-order valence-corrected chi connectivity index (χ1v) is 7.21. The van der Waals surface area contributed by atoms with Crippen LogP contribution in [-0.2, 0) is 6.54 Å². The van der Waals surface area contributed by atoms with Gasteiger partial charge in [0.25, 0.3) is 0 Å². The van der Waals surface area contributed by atoms with Gasteiger partial charge in [-0.15, -0.1) is 0 Å². The number of hydrogen-bond donors (Lipinski definition) is 2. The number of rotatable bonds is 2. The molecular formula is C16H24N2O2. The molecule has 1 saturated heterocycles. The Hall–Kier alpha value is -1.55. The van der Waals surface area contributed by atoms with E-state index in [0.29, 0.717) is 26.1 Å². The Morgan fingerprint density at radius 2 is 2.10 bits per heavy atom. The van der Waals surface area contributed by atoms with E-state index in [-0.39, 0.29) is 17.6 Å². The van der Waals surface area contributed by atoms with Crippen LogP contribution in [0.1, 0.15) is 32.3 Å². The first-order chi connectivity index (χ1) is 9.46. The minimum Gasteiger partial charge on any atom is -0.393 e. The third-order valence-electron chi connectivity index (χ3n) is 3.71. The maximum atomic E-state index is 12.3. The Kier molecular flexibility index (Phi) is 4.65. The quantitative estimate of drug-likeness (QED) is 0.871. The Morgan fingerprint density at radius 3 is 2.80 bits per heavy atom. The summed E-state index contributed by atoms with van der Waals surface area (Å²) >= 11 is 0. The maximum Gasteiger partial charge on any atom is 0.317 e. The molecule has 0 spiro atoms. The van der Waals surface area contributed by atoms with E-state index in [0.717, 1.165) is 12.0 Å². The zero-order valence-corrected chi connectivity index (χ0v) is 12.3. The second kappa shape index (κ2) is 6.27. The number of likely N-dealkylation sites (tertiary alicyclic amines) is 1. The minimum absolute atomic E-state index is 0.0417. The van der Waals surface area contributed by atoms with Crippen LogP contribution in [0.15, 0.2) is 30.3 Å². The summed E-state index contributed by atoms with van der Waals surface area (Å²) in [5, 5.41) is 12.8. The molecule has 4 nitrogen and oxygen atoms in total. The van der Waals surface area contributed by atoms with Crippen LogP contribution in [0.3, 0.4) is 0 Å². The van der Waals surface area contributed by atoms with Crippen molar-refractivity contribution >= 4 is 6.03 Å². The highest BCUT2D eigenvalue weighted by molar-refractivity contribution is 5.74. The van der Waals surface area contributed by atoms with Gasteiger partial charge in [-0.25, -0.2) is 4.79 Å². The predicted octanol–water partition coefficient (Wildman–Crippen LogP) is 2.38. The first-order valence-electron chi connectivity index (χ1n) is 7.21. The van der Waals surface area contributed by atoms with Crippen LogP contribution in [0.5, 0.6) is 0 Å². The summed E-state index contributed by atoms with van der Waals surface area (Å²) < 4.78 is 0. The van der Waals surface area contributed by atoms with E-state index in [4.69, 9.17) is 0 Å². The molecule has 0 bridgehead atoms. The van der Waals surface area contributed by atoms with Crippen LogP contribution in [0, 0.1) is 5.41 Å². The van der Waals surface area contributed by atoms with Gasteiger partial charge in [-0.2, -0.15) is 0 Å². The van der Waals surface area contributed by atoms with E-state index in [9.17, 15) is 9.90 Å². The number of benzene rings is 1. The van der Waals surface area contributed by atoms with Gasteiger partial charge in [0.2, 0.25) is 0 Å². The fourth-order valence-corrected chi connectivity index (χ4v) is 2.76. The number of hydrogen-bond acceptors (Lipinski definition) is 2. The van der Waals surface area contributed by atoms with Gasteiger partial charge in [0.1, 0.15) is 0 Å². The van der Waals surface area contributed by atoms with Gasteiger partial charge < -0.3 is 15.3 Å². The normalized spacial score (nSPS) is 22.1. The largest absolute Gasteiger partial charge is 0.393 e. The van der Waals surface area contributed by atoms with Gasteiger partial charge in [-0.3, -0.25) is 0 Å². The lowest BCUT2D eigenvalue weighted by atomic mass is 9.87. The number of carbonyl (C=O) groups is 1. The van der Waals surface area contributed by atoms with E-state index < -0.39 is 0 Å². The standard InChI is InChI=1S/C16H24N2O2/c1-16(2)10-14(19)8-9-18(12-16)15(20)17-11-13-6-4-3-5-7-13/h3-7,14,19H,8-12H2,1-2H3,(H,17,20). The van der Waals surface area contributed by atoms with Gasteiger partial charge in [0.05, 0.1) is 6.10 Å². The molecule has 2 amide bonds. The molecule has 0 radical (unpaired) electrons. The molecule has 1 heterocycles. The fourth-order valence-electron chi connectivity index (χ4n) is 2.76. The minimum atomic E-state index is -0.308. The number of nitrogens with one attached hydrogen (secondary N) is 1. The summed E-state index contributed by atoms with van der Waals surface area (Å²) in [5.41, 5.74) is 1.05. The molecule has 20 heavy (non-hydrogen) atoms. The molecule has 2 N–H and O–H groups in total. The Bertz CT molecular complexity index is 445. The van der Waals surface area contributed by atoms with Crippen molar-refractivity contribution in [2.24, 2.45) is 5.41 Å². The number of nitrogens with zero attached hydrogens (tertiary/aromatic N) is 1. The second-order valence-electron chi connectivity index (χ2n) is 6.38. The Labute approximate surface area is 120 Å². The molecule has 0 aliphatic carbocycles. The smallest absolute Gasteiger partial charge is 0.317 e. The lowest BCUT2D eigenvalue weighted by Crippen LogP contribution is -2.43. The van der Waals surface area contributed by atoms with Gasteiger partial charge in [0, 0.05) is 19.6 Å². The second-order valence-corrected chi connectivity index (χ2v) is 6.38. The summed E-state index contributed by atoms with van der Waals surface area (Å²) in [6, 6.07) is 9.84. The summed E-state index contributed by atoms with van der Waals surface area (Å²) in [4.78, 5) is 14.1. The van der Waals surface area contributed by atoms with Crippen LogP contribution in [0.4, 0.5) is 4.79 Å². The summed E-state index contributed by atoms with van der Waals surface area (Å²) in [7, 11) is 0. The van der Waals surface area contributed by atoms with Crippen molar-refractivity contribution in [3.63, 3.8) is 0 Å². The van der Waals surface area contributed by atoms with Crippen molar-refractivity contribution in [2.75, 3.05) is 13.1 Å². The zero-order chi connectivity index (χ0) is 14.6. The maximum absolute atomic E-state index is 12.3. The molecule has 1 unspecified atom stereocenters. The van der Waals surface area contributed by atoms with Crippen molar-refractivity contribution in [2.45, 2.75) is 39.3 Å². The molecule has 4 heteroatoms.